The Balaban J connectivity index is 1.82. The van der Waals surface area contributed by atoms with Crippen LogP contribution >= 0.6 is 0 Å². The van der Waals surface area contributed by atoms with Crippen LogP contribution in [0.1, 0.15) is 53.2 Å². The molecule has 0 bridgehead atoms. The van der Waals surface area contributed by atoms with Crippen LogP contribution in [-0.2, 0) is 23.9 Å². The molecule has 1 atom stereocenters. The highest BCUT2D eigenvalue weighted by Gasteiger charge is 2.50. The Morgan fingerprint density at radius 3 is 1.30 bits per heavy atom. The molecule has 0 aromatic heterocycles. The molecule has 3 aromatic carbocycles. The zero-order valence-corrected chi connectivity index (χ0v) is 27.3. The highest BCUT2D eigenvalue weighted by atomic mass is 16.6. The molecule has 1 unspecified atom stereocenters. The third kappa shape index (κ3) is 8.01. The maximum absolute atomic E-state index is 12.5. The molecule has 1 aliphatic rings. The molecule has 242 valence electrons. The van der Waals surface area contributed by atoms with Crippen LogP contribution in [-0.4, -0.2) is 29.5 Å². The first-order valence-electron chi connectivity index (χ1n) is 14.6. The van der Waals surface area contributed by atoms with Gasteiger partial charge in [-0.3, -0.25) is 0 Å². The van der Waals surface area contributed by atoms with Crippen molar-refractivity contribution in [3.63, 3.8) is 0 Å². The van der Waals surface area contributed by atoms with E-state index in [0.29, 0.717) is 11.1 Å². The van der Waals surface area contributed by atoms with E-state index in [2.05, 4.69) is 26.3 Å². The fourth-order valence-corrected chi connectivity index (χ4v) is 4.37. The van der Waals surface area contributed by atoms with Crippen molar-refractivity contribution in [2.24, 2.45) is 0 Å². The van der Waals surface area contributed by atoms with E-state index in [0.717, 1.165) is 16.7 Å². The van der Waals surface area contributed by atoms with Gasteiger partial charge in [-0.05, 0) is 99.7 Å². The fourth-order valence-electron chi connectivity index (χ4n) is 4.37. The van der Waals surface area contributed by atoms with E-state index in [1.54, 1.807) is 30.3 Å². The Labute approximate surface area is 273 Å². The van der Waals surface area contributed by atoms with Crippen LogP contribution in [0, 0.1) is 0 Å². The quantitative estimate of drug-likeness (QED) is 0.0899. The van der Waals surface area contributed by atoms with Gasteiger partial charge in [-0.2, -0.15) is 0 Å². The third-order valence-corrected chi connectivity index (χ3v) is 7.07. The summed E-state index contributed by atoms with van der Waals surface area (Å²) in [5.41, 5.74) is 3.91. The molecule has 1 saturated heterocycles. The van der Waals surface area contributed by atoms with E-state index in [9.17, 15) is 19.2 Å². The lowest BCUT2D eigenvalue weighted by Gasteiger charge is -2.16. The molecule has 1 fully saturated rings. The van der Waals surface area contributed by atoms with E-state index < -0.39 is 29.5 Å². The smallest absolute Gasteiger partial charge is 0.338 e. The van der Waals surface area contributed by atoms with Gasteiger partial charge in [0.2, 0.25) is 0 Å². The van der Waals surface area contributed by atoms with Gasteiger partial charge in [0.25, 0.3) is 0 Å². The predicted octanol–water partition coefficient (Wildman–Crippen LogP) is 7.80. The summed E-state index contributed by atoms with van der Waals surface area (Å²) in [4.78, 5) is 49.5. The third-order valence-electron chi connectivity index (χ3n) is 7.07. The summed E-state index contributed by atoms with van der Waals surface area (Å²) < 4.78 is 28.0. The van der Waals surface area contributed by atoms with Crippen LogP contribution in [0.4, 0.5) is 0 Å². The van der Waals surface area contributed by atoms with Crippen molar-refractivity contribution in [1.29, 1.82) is 0 Å². The summed E-state index contributed by atoms with van der Waals surface area (Å²) in [7, 11) is 0. The lowest BCUT2D eigenvalue weighted by atomic mass is 9.90. The van der Waals surface area contributed by atoms with E-state index in [-0.39, 0.29) is 51.4 Å². The Hall–Kier alpha value is -5.54. The van der Waals surface area contributed by atoms with Crippen LogP contribution in [0.5, 0.6) is 23.0 Å². The Morgan fingerprint density at radius 2 is 0.894 bits per heavy atom. The maximum atomic E-state index is 12.5. The average Bonchev–Trinajstić information content (AvgIpc) is 3.65. The first kappa shape index (κ1) is 34.3. The van der Waals surface area contributed by atoms with Crippen LogP contribution in [0.25, 0.3) is 22.3 Å². The first-order valence-corrected chi connectivity index (χ1v) is 14.6. The maximum Gasteiger partial charge on any atom is 0.338 e. The average molecular weight is 637 g/mol. The molecule has 3 aromatic rings. The van der Waals surface area contributed by atoms with Crippen molar-refractivity contribution in [1.82, 2.24) is 0 Å². The van der Waals surface area contributed by atoms with Crippen molar-refractivity contribution in [3.8, 4) is 45.3 Å². The molecule has 9 heteroatoms. The molecule has 0 radical (unpaired) electrons. The SMILES string of the molecule is C=C(C)C(=O)Oc1ccc(-c2ccc(-c3ccc(OC(=O)C(=C)C)c(OC(=O)C(=C)C)c3)c(C3OC3(C)C)c2)cc1OC(=O)C(=C)C. The lowest BCUT2D eigenvalue weighted by Crippen LogP contribution is -2.13. The van der Waals surface area contributed by atoms with Gasteiger partial charge in [0.05, 0.1) is 5.60 Å². The van der Waals surface area contributed by atoms with E-state index in [4.69, 9.17) is 23.7 Å². The predicted molar refractivity (Wildman–Crippen MR) is 177 cm³/mol. The van der Waals surface area contributed by atoms with E-state index in [1.807, 2.05) is 32.0 Å². The monoisotopic (exact) mass is 636 g/mol. The number of esters is 4. The largest absolute Gasteiger partial charge is 0.419 e. The van der Waals surface area contributed by atoms with Crippen molar-refractivity contribution in [2.75, 3.05) is 0 Å². The molecule has 4 rings (SSSR count). The molecular weight excluding hydrogens is 600 g/mol. The van der Waals surface area contributed by atoms with Gasteiger partial charge in [0.15, 0.2) is 23.0 Å². The highest BCUT2D eigenvalue weighted by molar-refractivity contribution is 5.93. The highest BCUT2D eigenvalue weighted by Crippen LogP contribution is 2.52. The number of carbonyl (C=O) groups is 4. The molecule has 1 heterocycles. The number of benzene rings is 3. The standard InChI is InChI=1S/C38H36O9/c1-20(2)34(39)43-29-15-12-25(18-31(29)45-36(41)22(5)6)24-11-14-27(28(17-24)33-38(9,10)47-33)26-13-16-30(44-35(40)21(3)4)32(19-26)46-37(42)23(7)8/h11-19,33H,1,3,5,7H2,2,4,6,8-10H3. The number of carbonyl (C=O) groups excluding carboxylic acids is 4. The zero-order valence-electron chi connectivity index (χ0n) is 27.3. The second-order valence-electron chi connectivity index (χ2n) is 11.9. The summed E-state index contributed by atoms with van der Waals surface area (Å²) in [6, 6.07) is 15.5. The van der Waals surface area contributed by atoms with Gasteiger partial charge in [0.1, 0.15) is 6.10 Å². The molecular formula is C38H36O9. The number of rotatable bonds is 11. The first-order chi connectivity index (χ1) is 22.0. The summed E-state index contributed by atoms with van der Waals surface area (Å²) >= 11 is 0. The minimum Gasteiger partial charge on any atom is -0.419 e. The molecule has 0 amide bonds. The van der Waals surface area contributed by atoms with Crippen LogP contribution in [0.15, 0.2) is 103 Å². The molecule has 0 spiro atoms. The van der Waals surface area contributed by atoms with Gasteiger partial charge >= 0.3 is 23.9 Å². The molecule has 9 nitrogen and oxygen atoms in total. The van der Waals surface area contributed by atoms with E-state index >= 15 is 0 Å². The zero-order chi connectivity index (χ0) is 34.8. The van der Waals surface area contributed by atoms with Gasteiger partial charge in [0, 0.05) is 22.3 Å². The van der Waals surface area contributed by atoms with Gasteiger partial charge in [-0.15, -0.1) is 0 Å². The minimum atomic E-state index is -0.683. The van der Waals surface area contributed by atoms with Gasteiger partial charge < -0.3 is 23.7 Å². The van der Waals surface area contributed by atoms with Gasteiger partial charge in [-0.1, -0.05) is 50.6 Å². The molecule has 47 heavy (non-hydrogen) atoms. The molecule has 0 N–H and O–H groups in total. The Bertz CT molecular complexity index is 1880. The Kier molecular flexibility index (Phi) is 9.82. The minimum absolute atomic E-state index is 0.0277. The number of ether oxygens (including phenoxy) is 5. The number of hydrogen-bond acceptors (Lipinski definition) is 9. The summed E-state index contributed by atoms with van der Waals surface area (Å²) in [5.74, 6) is -2.55. The molecule has 0 aliphatic carbocycles. The van der Waals surface area contributed by atoms with Crippen molar-refractivity contribution < 1.29 is 42.9 Å². The van der Waals surface area contributed by atoms with Crippen molar-refractivity contribution >= 4 is 23.9 Å². The summed E-state index contributed by atoms with van der Waals surface area (Å²) in [6.07, 6.45) is -0.281. The van der Waals surface area contributed by atoms with Crippen LogP contribution < -0.4 is 18.9 Å². The topological polar surface area (TPSA) is 118 Å². The summed E-state index contributed by atoms with van der Waals surface area (Å²) in [5, 5.41) is 0. The molecule has 1 aliphatic heterocycles. The van der Waals surface area contributed by atoms with E-state index in [1.165, 1.54) is 33.8 Å². The summed E-state index contributed by atoms with van der Waals surface area (Å²) in [6.45, 7) is 24.4. The van der Waals surface area contributed by atoms with Gasteiger partial charge in [-0.25, -0.2) is 19.2 Å². The second kappa shape index (κ2) is 13.4. The number of epoxide rings is 1. The van der Waals surface area contributed by atoms with Crippen molar-refractivity contribution in [2.45, 2.75) is 53.2 Å². The molecule has 0 saturated carbocycles. The Morgan fingerprint density at radius 1 is 0.553 bits per heavy atom. The van der Waals surface area contributed by atoms with Crippen LogP contribution in [0.2, 0.25) is 0 Å². The normalized spacial score (nSPS) is 14.3. The second-order valence-corrected chi connectivity index (χ2v) is 11.9. The lowest BCUT2D eigenvalue weighted by molar-refractivity contribution is -0.132. The number of hydrogen-bond donors (Lipinski definition) is 0. The fraction of sp³-hybridized carbons (Fsp3) is 0.211. The van der Waals surface area contributed by atoms with Crippen LogP contribution in [0.3, 0.4) is 0 Å². The van der Waals surface area contributed by atoms with Crippen molar-refractivity contribution in [3.05, 3.63) is 109 Å².